The first-order valence-electron chi connectivity index (χ1n) is 9.48. The smallest absolute Gasteiger partial charge is 0.325 e. The number of carbonyl (C=O) groups is 3. The minimum Gasteiger partial charge on any atom is -0.480 e. The van der Waals surface area contributed by atoms with Gasteiger partial charge in [0.25, 0.3) is 5.91 Å². The third-order valence-corrected chi connectivity index (χ3v) is 4.92. The van der Waals surface area contributed by atoms with Gasteiger partial charge in [0.1, 0.15) is 12.3 Å². The number of rotatable bonds is 5. The fourth-order valence-corrected chi connectivity index (χ4v) is 3.29. The molecule has 1 atom stereocenters. The van der Waals surface area contributed by atoms with Gasteiger partial charge in [-0.2, -0.15) is 5.10 Å². The van der Waals surface area contributed by atoms with Gasteiger partial charge in [-0.1, -0.05) is 75.4 Å². The lowest BCUT2D eigenvalue weighted by atomic mass is 9.80. The first-order valence-corrected chi connectivity index (χ1v) is 9.48. The zero-order chi connectivity index (χ0) is 21.2. The quantitative estimate of drug-likeness (QED) is 0.844. The van der Waals surface area contributed by atoms with Crippen molar-refractivity contribution in [3.8, 4) is 0 Å². The molecule has 0 aliphatic carbocycles. The van der Waals surface area contributed by atoms with Gasteiger partial charge < -0.3 is 5.11 Å². The minimum atomic E-state index is -1.17. The Hall–Kier alpha value is -3.28. The molecule has 29 heavy (non-hydrogen) atoms. The van der Waals surface area contributed by atoms with Crippen LogP contribution in [0, 0.1) is 5.41 Å². The molecule has 0 spiro atoms. The highest BCUT2D eigenvalue weighted by Gasteiger charge is 2.37. The molecule has 2 aromatic rings. The van der Waals surface area contributed by atoms with Crippen molar-refractivity contribution in [3.63, 3.8) is 0 Å². The normalized spacial score (nSPS) is 16.7. The number of hydrogen-bond donors (Lipinski definition) is 1. The van der Waals surface area contributed by atoms with Crippen LogP contribution in [0.25, 0.3) is 0 Å². The molecule has 1 aliphatic heterocycles. The maximum atomic E-state index is 13.3. The summed E-state index contributed by atoms with van der Waals surface area (Å²) in [7, 11) is 0. The molecule has 6 heteroatoms. The second-order valence-electron chi connectivity index (χ2n) is 8.12. The number of nitrogens with zero attached hydrogens (tertiary/aromatic N) is 2. The third kappa shape index (κ3) is 4.42. The molecule has 3 rings (SSSR count). The number of hydrogen-bond acceptors (Lipinski definition) is 4. The summed E-state index contributed by atoms with van der Waals surface area (Å²) in [5.74, 6) is -2.50. The standard InChI is InChI=1S/C23H24N2O4/c1-23(2,3)19(26)13-18-16-11-7-8-12-17(16)21(15-9-5-4-6-10-15)24-25(22(18)29)14-20(27)28/h4-12,18H,13-14H2,1-3H3,(H,27,28). The zero-order valence-electron chi connectivity index (χ0n) is 16.8. The summed E-state index contributed by atoms with van der Waals surface area (Å²) in [6.07, 6.45) is -0.00689. The van der Waals surface area contributed by atoms with Crippen molar-refractivity contribution in [2.45, 2.75) is 33.1 Å². The van der Waals surface area contributed by atoms with Crippen LogP contribution in [-0.2, 0) is 14.4 Å². The van der Waals surface area contributed by atoms with Gasteiger partial charge >= 0.3 is 5.97 Å². The molecule has 0 fully saturated rings. The number of ketones is 1. The number of hydrazone groups is 1. The maximum absolute atomic E-state index is 13.3. The lowest BCUT2D eigenvalue weighted by molar-refractivity contribution is -0.145. The average Bonchev–Trinajstić information content (AvgIpc) is 2.78. The summed E-state index contributed by atoms with van der Waals surface area (Å²) in [6, 6.07) is 16.6. The minimum absolute atomic E-state index is 0.00689. The molecule has 0 aromatic heterocycles. The van der Waals surface area contributed by atoms with Crippen molar-refractivity contribution >= 4 is 23.4 Å². The lowest BCUT2D eigenvalue weighted by Crippen LogP contribution is -2.36. The van der Waals surface area contributed by atoms with Gasteiger partial charge in [-0.15, -0.1) is 0 Å². The molecule has 1 unspecified atom stereocenters. The number of aliphatic carboxylic acids is 1. The molecular formula is C23H24N2O4. The lowest BCUT2D eigenvalue weighted by Gasteiger charge is -2.24. The molecule has 2 aromatic carbocycles. The molecule has 0 radical (unpaired) electrons. The van der Waals surface area contributed by atoms with Gasteiger partial charge in [0.2, 0.25) is 0 Å². The van der Waals surface area contributed by atoms with Gasteiger partial charge in [0, 0.05) is 23.0 Å². The van der Waals surface area contributed by atoms with E-state index in [0.717, 1.165) is 16.1 Å². The SMILES string of the molecule is CC(C)(C)C(=O)CC1C(=O)N(CC(=O)O)N=C(c2ccccc2)c2ccccc21. The number of fused-ring (bicyclic) bond motifs is 1. The highest BCUT2D eigenvalue weighted by Crippen LogP contribution is 2.33. The van der Waals surface area contributed by atoms with Crippen LogP contribution in [0.15, 0.2) is 59.7 Å². The Kier molecular flexibility index (Phi) is 5.64. The Labute approximate surface area is 169 Å². The van der Waals surface area contributed by atoms with Crippen molar-refractivity contribution in [1.29, 1.82) is 0 Å². The first kappa shape index (κ1) is 20.5. The van der Waals surface area contributed by atoms with E-state index in [2.05, 4.69) is 5.10 Å². The van der Waals surface area contributed by atoms with Crippen LogP contribution >= 0.6 is 0 Å². The molecule has 1 N–H and O–H groups in total. The fourth-order valence-electron chi connectivity index (χ4n) is 3.29. The number of benzene rings is 2. The Balaban J connectivity index is 2.17. The van der Waals surface area contributed by atoms with E-state index in [1.54, 1.807) is 0 Å². The maximum Gasteiger partial charge on any atom is 0.325 e. The Morgan fingerprint density at radius 1 is 1.03 bits per heavy atom. The average molecular weight is 392 g/mol. The van der Waals surface area contributed by atoms with Crippen LogP contribution in [0.4, 0.5) is 0 Å². The van der Waals surface area contributed by atoms with Crippen LogP contribution in [0.1, 0.15) is 49.8 Å². The Morgan fingerprint density at radius 3 is 2.28 bits per heavy atom. The van der Waals surface area contributed by atoms with E-state index in [0.29, 0.717) is 11.3 Å². The van der Waals surface area contributed by atoms with E-state index in [-0.39, 0.29) is 12.2 Å². The summed E-state index contributed by atoms with van der Waals surface area (Å²) < 4.78 is 0. The molecular weight excluding hydrogens is 368 g/mol. The highest BCUT2D eigenvalue weighted by molar-refractivity contribution is 6.16. The molecule has 1 aliphatic rings. The predicted molar refractivity (Wildman–Crippen MR) is 110 cm³/mol. The van der Waals surface area contributed by atoms with Crippen molar-refractivity contribution < 1.29 is 19.5 Å². The number of carboxylic acids is 1. The van der Waals surface area contributed by atoms with Crippen molar-refractivity contribution in [2.24, 2.45) is 10.5 Å². The molecule has 1 heterocycles. The summed E-state index contributed by atoms with van der Waals surface area (Å²) in [6.45, 7) is 4.86. The summed E-state index contributed by atoms with van der Waals surface area (Å²) in [4.78, 5) is 37.4. The number of carboxylic acid groups (broad SMARTS) is 1. The molecule has 150 valence electrons. The van der Waals surface area contributed by atoms with Gasteiger partial charge in [-0.05, 0) is 5.56 Å². The van der Waals surface area contributed by atoms with E-state index in [4.69, 9.17) is 0 Å². The predicted octanol–water partition coefficient (Wildman–Crippen LogP) is 3.45. The number of Topliss-reactive ketones (excluding diaryl/α,β-unsaturated/α-hetero) is 1. The first-order chi connectivity index (χ1) is 13.7. The summed E-state index contributed by atoms with van der Waals surface area (Å²) in [5.41, 5.74) is 2.09. The second-order valence-corrected chi connectivity index (χ2v) is 8.12. The third-order valence-electron chi connectivity index (χ3n) is 4.92. The molecule has 6 nitrogen and oxygen atoms in total. The van der Waals surface area contributed by atoms with Crippen molar-refractivity contribution in [1.82, 2.24) is 5.01 Å². The van der Waals surface area contributed by atoms with Crippen LogP contribution in [0.3, 0.4) is 0 Å². The van der Waals surface area contributed by atoms with Crippen LogP contribution < -0.4 is 0 Å². The number of carbonyl (C=O) groups excluding carboxylic acids is 2. The molecule has 0 saturated carbocycles. The summed E-state index contributed by atoms with van der Waals surface area (Å²) in [5, 5.41) is 14.7. The molecule has 0 saturated heterocycles. The second kappa shape index (κ2) is 7.99. The van der Waals surface area contributed by atoms with Gasteiger partial charge in [0.05, 0.1) is 11.6 Å². The van der Waals surface area contributed by atoms with Crippen molar-refractivity contribution in [3.05, 3.63) is 71.3 Å². The van der Waals surface area contributed by atoms with Gasteiger partial charge in [-0.3, -0.25) is 14.4 Å². The van der Waals surface area contributed by atoms with Crippen LogP contribution in [0.2, 0.25) is 0 Å². The molecule has 0 bridgehead atoms. The van der Waals surface area contributed by atoms with E-state index in [1.165, 1.54) is 0 Å². The zero-order valence-corrected chi connectivity index (χ0v) is 16.8. The Bertz CT molecular complexity index is 974. The number of amides is 1. The van der Waals surface area contributed by atoms with Gasteiger partial charge in [-0.25, -0.2) is 5.01 Å². The fraction of sp³-hybridized carbons (Fsp3) is 0.304. The summed E-state index contributed by atoms with van der Waals surface area (Å²) >= 11 is 0. The van der Waals surface area contributed by atoms with E-state index < -0.39 is 29.8 Å². The van der Waals surface area contributed by atoms with Gasteiger partial charge in [0.15, 0.2) is 0 Å². The largest absolute Gasteiger partial charge is 0.480 e. The highest BCUT2D eigenvalue weighted by atomic mass is 16.4. The molecule has 1 amide bonds. The van der Waals surface area contributed by atoms with E-state index >= 15 is 0 Å². The van der Waals surface area contributed by atoms with E-state index in [9.17, 15) is 19.5 Å². The van der Waals surface area contributed by atoms with Crippen molar-refractivity contribution in [2.75, 3.05) is 6.54 Å². The topological polar surface area (TPSA) is 87.0 Å². The Morgan fingerprint density at radius 2 is 1.66 bits per heavy atom. The van der Waals surface area contributed by atoms with Crippen LogP contribution in [0.5, 0.6) is 0 Å². The monoisotopic (exact) mass is 392 g/mol. The van der Waals surface area contributed by atoms with Crippen LogP contribution in [-0.4, -0.2) is 40.0 Å². The van der Waals surface area contributed by atoms with E-state index in [1.807, 2.05) is 75.4 Å².